The first-order valence-electron chi connectivity index (χ1n) is 8.80. The molecule has 0 saturated carbocycles. The molecule has 0 N–H and O–H groups in total. The monoisotopic (exact) mass is 335 g/mol. The number of nitrogens with zero attached hydrogens (tertiary/aromatic N) is 3. The zero-order valence-corrected chi connectivity index (χ0v) is 14.1. The number of carbonyl (C=O) groups is 2. The molecule has 5 nitrogen and oxygen atoms in total. The molecule has 4 rings (SSSR count). The summed E-state index contributed by atoms with van der Waals surface area (Å²) in [6.45, 7) is 1.41. The van der Waals surface area contributed by atoms with Crippen LogP contribution >= 0.6 is 0 Å². The van der Waals surface area contributed by atoms with E-state index in [9.17, 15) is 9.59 Å². The van der Waals surface area contributed by atoms with Gasteiger partial charge < -0.3 is 9.80 Å². The quantitative estimate of drug-likeness (QED) is 0.867. The first-order valence-corrected chi connectivity index (χ1v) is 8.80. The number of aromatic nitrogens is 1. The van der Waals surface area contributed by atoms with E-state index >= 15 is 0 Å². The number of benzene rings is 1. The minimum atomic E-state index is -0.0427. The Morgan fingerprint density at radius 3 is 2.84 bits per heavy atom. The van der Waals surface area contributed by atoms with Crippen LogP contribution in [0.25, 0.3) is 0 Å². The summed E-state index contributed by atoms with van der Waals surface area (Å²) in [5, 5.41) is 0. The lowest BCUT2D eigenvalue weighted by molar-refractivity contribution is -0.135. The molecule has 2 aliphatic heterocycles. The molecular weight excluding hydrogens is 314 g/mol. The molecule has 2 aliphatic rings. The van der Waals surface area contributed by atoms with Gasteiger partial charge in [-0.3, -0.25) is 14.6 Å². The van der Waals surface area contributed by atoms with E-state index in [4.69, 9.17) is 0 Å². The fourth-order valence-corrected chi connectivity index (χ4v) is 3.85. The first-order chi connectivity index (χ1) is 12.2. The highest BCUT2D eigenvalue weighted by Gasteiger charge is 2.33. The van der Waals surface area contributed by atoms with Gasteiger partial charge in [-0.15, -0.1) is 0 Å². The molecule has 0 unspecified atom stereocenters. The lowest BCUT2D eigenvalue weighted by Crippen LogP contribution is -2.44. The Kier molecular flexibility index (Phi) is 4.22. The highest BCUT2D eigenvalue weighted by Crippen LogP contribution is 2.31. The minimum Gasteiger partial charge on any atom is -0.334 e. The number of piperidine rings is 1. The number of likely N-dealkylation sites (tertiary alicyclic amines) is 1. The molecule has 0 spiro atoms. The van der Waals surface area contributed by atoms with Gasteiger partial charge in [-0.2, -0.15) is 0 Å². The summed E-state index contributed by atoms with van der Waals surface area (Å²) in [6, 6.07) is 11.6. The summed E-state index contributed by atoms with van der Waals surface area (Å²) in [7, 11) is 0. The van der Waals surface area contributed by atoms with Gasteiger partial charge in [-0.25, -0.2) is 0 Å². The van der Waals surface area contributed by atoms with Crippen LogP contribution in [0.1, 0.15) is 46.8 Å². The molecule has 1 atom stereocenters. The lowest BCUT2D eigenvalue weighted by Gasteiger charge is -2.36. The zero-order chi connectivity index (χ0) is 17.2. The highest BCUT2D eigenvalue weighted by molar-refractivity contribution is 6.00. The number of pyridine rings is 1. The van der Waals surface area contributed by atoms with Crippen molar-refractivity contribution in [3.8, 4) is 0 Å². The van der Waals surface area contributed by atoms with E-state index in [2.05, 4.69) is 4.98 Å². The Labute approximate surface area is 147 Å². The van der Waals surface area contributed by atoms with Gasteiger partial charge in [0, 0.05) is 31.0 Å². The SMILES string of the molecule is O=C1c2ccccc2CN1CC(=O)N1CCCC[C@H]1c1cccnc1. The van der Waals surface area contributed by atoms with Gasteiger partial charge >= 0.3 is 0 Å². The van der Waals surface area contributed by atoms with Crippen molar-refractivity contribution in [2.24, 2.45) is 0 Å². The van der Waals surface area contributed by atoms with Crippen molar-refractivity contribution in [2.45, 2.75) is 31.8 Å². The van der Waals surface area contributed by atoms with Crippen LogP contribution in [0.5, 0.6) is 0 Å². The molecule has 25 heavy (non-hydrogen) atoms. The van der Waals surface area contributed by atoms with Crippen LogP contribution in [-0.4, -0.2) is 39.7 Å². The Morgan fingerprint density at radius 2 is 2.04 bits per heavy atom. The van der Waals surface area contributed by atoms with Crippen LogP contribution in [0.2, 0.25) is 0 Å². The van der Waals surface area contributed by atoms with E-state index < -0.39 is 0 Å². The zero-order valence-electron chi connectivity index (χ0n) is 14.1. The topological polar surface area (TPSA) is 53.5 Å². The predicted octanol–water partition coefficient (Wildman–Crippen LogP) is 2.79. The lowest BCUT2D eigenvalue weighted by atomic mass is 9.96. The van der Waals surface area contributed by atoms with Gasteiger partial charge in [0.25, 0.3) is 5.91 Å². The van der Waals surface area contributed by atoms with Crippen molar-refractivity contribution in [1.29, 1.82) is 0 Å². The molecule has 5 heteroatoms. The molecule has 0 bridgehead atoms. The smallest absolute Gasteiger partial charge is 0.254 e. The van der Waals surface area contributed by atoms with Crippen molar-refractivity contribution >= 4 is 11.8 Å². The molecule has 1 fully saturated rings. The number of fused-ring (bicyclic) bond motifs is 1. The van der Waals surface area contributed by atoms with Gasteiger partial charge in [0.05, 0.1) is 6.04 Å². The van der Waals surface area contributed by atoms with E-state index in [0.717, 1.165) is 42.5 Å². The third-order valence-electron chi connectivity index (χ3n) is 5.11. The summed E-state index contributed by atoms with van der Waals surface area (Å²) in [5.41, 5.74) is 2.80. The van der Waals surface area contributed by atoms with E-state index in [1.807, 2.05) is 47.5 Å². The van der Waals surface area contributed by atoms with Crippen molar-refractivity contribution < 1.29 is 9.59 Å². The van der Waals surface area contributed by atoms with E-state index in [0.29, 0.717) is 6.54 Å². The molecule has 3 heterocycles. The van der Waals surface area contributed by atoms with Crippen LogP contribution in [0.3, 0.4) is 0 Å². The van der Waals surface area contributed by atoms with Crippen molar-refractivity contribution in [2.75, 3.05) is 13.1 Å². The maximum atomic E-state index is 12.9. The molecule has 128 valence electrons. The largest absolute Gasteiger partial charge is 0.334 e. The second kappa shape index (κ2) is 6.67. The Balaban J connectivity index is 1.50. The van der Waals surface area contributed by atoms with Gasteiger partial charge in [0.1, 0.15) is 6.54 Å². The van der Waals surface area contributed by atoms with Crippen LogP contribution in [0.4, 0.5) is 0 Å². The first kappa shape index (κ1) is 15.8. The molecule has 0 radical (unpaired) electrons. The van der Waals surface area contributed by atoms with E-state index in [1.54, 1.807) is 11.1 Å². The highest BCUT2D eigenvalue weighted by atomic mass is 16.2. The molecule has 2 amide bonds. The van der Waals surface area contributed by atoms with Gasteiger partial charge in [-0.1, -0.05) is 24.3 Å². The summed E-state index contributed by atoms with van der Waals surface area (Å²) < 4.78 is 0. The third kappa shape index (κ3) is 3.02. The molecule has 0 aliphatic carbocycles. The van der Waals surface area contributed by atoms with Crippen LogP contribution in [0, 0.1) is 0 Å². The van der Waals surface area contributed by atoms with Crippen LogP contribution < -0.4 is 0 Å². The molecule has 1 saturated heterocycles. The third-order valence-corrected chi connectivity index (χ3v) is 5.11. The van der Waals surface area contributed by atoms with E-state index in [1.165, 1.54) is 0 Å². The summed E-state index contributed by atoms with van der Waals surface area (Å²) >= 11 is 0. The second-order valence-corrected chi connectivity index (χ2v) is 6.70. The summed E-state index contributed by atoms with van der Waals surface area (Å²) in [5.74, 6) is -0.0198. The summed E-state index contributed by atoms with van der Waals surface area (Å²) in [4.78, 5) is 33.2. The maximum Gasteiger partial charge on any atom is 0.254 e. The Morgan fingerprint density at radius 1 is 1.16 bits per heavy atom. The van der Waals surface area contributed by atoms with Gasteiger partial charge in [0.2, 0.25) is 5.91 Å². The normalized spacial score (nSPS) is 19.8. The molecular formula is C20H21N3O2. The van der Waals surface area contributed by atoms with Crippen molar-refractivity contribution in [3.05, 3.63) is 65.5 Å². The van der Waals surface area contributed by atoms with Gasteiger partial charge in [0.15, 0.2) is 0 Å². The number of hydrogen-bond acceptors (Lipinski definition) is 3. The minimum absolute atomic E-state index is 0.0229. The van der Waals surface area contributed by atoms with Crippen molar-refractivity contribution in [1.82, 2.24) is 14.8 Å². The summed E-state index contributed by atoms with van der Waals surface area (Å²) in [6.07, 6.45) is 6.66. The standard InChI is InChI=1S/C20H21N3O2/c24-19(14-22-13-16-6-1-2-8-17(16)20(22)25)23-11-4-3-9-18(23)15-7-5-10-21-12-15/h1-2,5-8,10,12,18H,3-4,9,11,13-14H2/t18-/m0/s1. The Hall–Kier alpha value is -2.69. The van der Waals surface area contributed by atoms with Gasteiger partial charge in [-0.05, 0) is 42.5 Å². The van der Waals surface area contributed by atoms with Crippen molar-refractivity contribution in [3.63, 3.8) is 0 Å². The average molecular weight is 335 g/mol. The maximum absolute atomic E-state index is 12.9. The van der Waals surface area contributed by atoms with Crippen LogP contribution in [0.15, 0.2) is 48.8 Å². The predicted molar refractivity (Wildman–Crippen MR) is 93.7 cm³/mol. The average Bonchev–Trinajstić information content (AvgIpc) is 2.98. The second-order valence-electron chi connectivity index (χ2n) is 6.70. The fourth-order valence-electron chi connectivity index (χ4n) is 3.85. The molecule has 1 aromatic carbocycles. The number of carbonyl (C=O) groups excluding carboxylic acids is 2. The number of hydrogen-bond donors (Lipinski definition) is 0. The number of amides is 2. The Bertz CT molecular complexity index is 791. The molecule has 2 aromatic rings. The van der Waals surface area contributed by atoms with Crippen LogP contribution in [-0.2, 0) is 11.3 Å². The van der Waals surface area contributed by atoms with E-state index in [-0.39, 0.29) is 24.4 Å². The number of rotatable bonds is 3. The fraction of sp³-hybridized carbons (Fsp3) is 0.350. The molecule has 1 aromatic heterocycles.